The second kappa shape index (κ2) is 10.4. The quantitative estimate of drug-likeness (QED) is 0.290. The van der Waals surface area contributed by atoms with Gasteiger partial charge < -0.3 is 10.5 Å². The van der Waals surface area contributed by atoms with E-state index in [1.165, 1.54) is 24.4 Å². The molecule has 12 nitrogen and oxygen atoms in total. The van der Waals surface area contributed by atoms with Crippen LogP contribution < -0.4 is 10.5 Å². The fourth-order valence-corrected chi connectivity index (χ4v) is 4.00. The van der Waals surface area contributed by atoms with E-state index in [0.717, 1.165) is 19.2 Å². The molecular weight excluding hydrogens is 474 g/mol. The SMILES string of the molecule is CC[S@@](=O)c1cc(OC(C)(C)C#N)cnc1/C(N)=N/OS(=O)(=O)c1ccc([N+](=O)OC)cc1. The molecule has 0 spiro atoms. The molecule has 0 radical (unpaired) electrons. The minimum absolute atomic E-state index is 0.0649. The van der Waals surface area contributed by atoms with Gasteiger partial charge in [-0.05, 0) is 31.1 Å². The predicted octanol–water partition coefficient (Wildman–Crippen LogP) is 1.89. The Morgan fingerprint density at radius 1 is 1.33 bits per heavy atom. The van der Waals surface area contributed by atoms with Crippen LogP contribution in [0.25, 0.3) is 0 Å². The molecule has 2 N–H and O–H groups in total. The number of amidine groups is 1. The Labute approximate surface area is 193 Å². The molecule has 2 rings (SSSR count). The first-order valence-corrected chi connectivity index (χ1v) is 12.0. The van der Waals surface area contributed by atoms with E-state index in [1.807, 2.05) is 6.07 Å². The second-order valence-corrected chi connectivity index (χ2v) is 10.1. The van der Waals surface area contributed by atoms with Gasteiger partial charge in [-0.2, -0.15) is 13.7 Å². The molecule has 0 fully saturated rings. The van der Waals surface area contributed by atoms with Gasteiger partial charge >= 0.3 is 15.8 Å². The van der Waals surface area contributed by atoms with Gasteiger partial charge in [-0.25, -0.2) is 9.82 Å². The van der Waals surface area contributed by atoms with Gasteiger partial charge in [0, 0.05) is 24.0 Å². The van der Waals surface area contributed by atoms with Crippen LogP contribution in [0, 0.1) is 16.2 Å². The maximum absolute atomic E-state index is 12.5. The van der Waals surface area contributed by atoms with E-state index in [1.54, 1.807) is 20.8 Å². The number of nitrogens with zero attached hydrogens (tertiary/aromatic N) is 4. The highest BCUT2D eigenvalue weighted by Crippen LogP contribution is 2.23. The molecule has 0 unspecified atom stereocenters. The average Bonchev–Trinajstić information content (AvgIpc) is 2.81. The Morgan fingerprint density at radius 3 is 2.52 bits per heavy atom. The Hall–Kier alpha value is -3.57. The number of nitriles is 1. The van der Waals surface area contributed by atoms with E-state index in [0.29, 0.717) is 0 Å². The standard InChI is InChI=1S/C19H22N5O7S2/c1-5-32(26)16-10-14(30-19(2,3)12-20)11-22-17(16)18(21)23-31-33(27,28)15-8-6-13(7-9-15)24(25)29-4/h6-11H,5H2,1-4H3,(H2,21,23)/q+1/t32-/m1/s1. The molecule has 2 aromatic rings. The Morgan fingerprint density at radius 2 is 1.97 bits per heavy atom. The summed E-state index contributed by atoms with van der Waals surface area (Å²) in [5.41, 5.74) is 4.71. The summed E-state index contributed by atoms with van der Waals surface area (Å²) >= 11 is 0. The van der Waals surface area contributed by atoms with Crippen molar-refractivity contribution in [3.8, 4) is 11.8 Å². The zero-order chi connectivity index (χ0) is 24.8. The van der Waals surface area contributed by atoms with Gasteiger partial charge in [0.1, 0.15) is 22.4 Å². The number of aromatic nitrogens is 1. The van der Waals surface area contributed by atoms with Crippen molar-refractivity contribution in [3.63, 3.8) is 0 Å². The van der Waals surface area contributed by atoms with E-state index < -0.39 is 32.4 Å². The first-order valence-electron chi connectivity index (χ1n) is 9.31. The van der Waals surface area contributed by atoms with Crippen LogP contribution in [0.3, 0.4) is 0 Å². The third kappa shape index (κ3) is 6.46. The molecule has 0 bridgehead atoms. The van der Waals surface area contributed by atoms with Crippen molar-refractivity contribution < 1.29 is 31.4 Å². The van der Waals surface area contributed by atoms with Gasteiger partial charge in [0.15, 0.2) is 18.5 Å². The highest BCUT2D eigenvalue weighted by Gasteiger charge is 2.23. The summed E-state index contributed by atoms with van der Waals surface area (Å²) in [4.78, 5) is 20.0. The van der Waals surface area contributed by atoms with Gasteiger partial charge in [0.05, 0.1) is 26.8 Å². The van der Waals surface area contributed by atoms with E-state index in [-0.39, 0.29) is 37.6 Å². The van der Waals surface area contributed by atoms with Crippen LogP contribution in [0.4, 0.5) is 5.69 Å². The van der Waals surface area contributed by atoms with Crippen LogP contribution in [0.1, 0.15) is 26.5 Å². The highest BCUT2D eigenvalue weighted by atomic mass is 32.2. The molecule has 33 heavy (non-hydrogen) atoms. The molecular formula is C19H22N5O7S2+. The lowest BCUT2D eigenvalue weighted by atomic mass is 10.2. The van der Waals surface area contributed by atoms with Crippen LogP contribution in [-0.2, 0) is 30.0 Å². The lowest BCUT2D eigenvalue weighted by Gasteiger charge is -2.19. The lowest BCUT2D eigenvalue weighted by Crippen LogP contribution is -2.26. The van der Waals surface area contributed by atoms with Crippen molar-refractivity contribution in [1.29, 1.82) is 5.26 Å². The number of nitrogens with two attached hydrogens (primary N) is 1. The minimum Gasteiger partial charge on any atom is -0.471 e. The predicted molar refractivity (Wildman–Crippen MR) is 117 cm³/mol. The van der Waals surface area contributed by atoms with Crippen molar-refractivity contribution in [1.82, 2.24) is 4.98 Å². The summed E-state index contributed by atoms with van der Waals surface area (Å²) < 4.78 is 47.5. The lowest BCUT2D eigenvalue weighted by molar-refractivity contribution is -0.736. The monoisotopic (exact) mass is 496 g/mol. The molecule has 0 aliphatic carbocycles. The maximum Gasteiger partial charge on any atom is 0.358 e. The van der Waals surface area contributed by atoms with Gasteiger partial charge in [-0.3, -0.25) is 8.49 Å². The highest BCUT2D eigenvalue weighted by molar-refractivity contribution is 7.86. The third-order valence-corrected chi connectivity index (χ3v) is 6.40. The van der Waals surface area contributed by atoms with E-state index in [4.69, 9.17) is 15.7 Å². The van der Waals surface area contributed by atoms with Crippen molar-refractivity contribution in [3.05, 3.63) is 47.1 Å². The molecule has 0 saturated carbocycles. The van der Waals surface area contributed by atoms with Gasteiger partial charge in [0.25, 0.3) is 4.92 Å². The topological polar surface area (TPSA) is 174 Å². The molecule has 0 amide bonds. The zero-order valence-corrected chi connectivity index (χ0v) is 19.8. The molecule has 14 heteroatoms. The Balaban J connectivity index is 2.34. The van der Waals surface area contributed by atoms with E-state index in [9.17, 15) is 17.5 Å². The van der Waals surface area contributed by atoms with Crippen LogP contribution in [0.15, 0.2) is 51.5 Å². The molecule has 1 atom stereocenters. The number of oxime groups is 1. The number of pyridine rings is 1. The number of hydrogen-bond acceptors (Lipinski definition) is 10. The van der Waals surface area contributed by atoms with Crippen LogP contribution in [0.5, 0.6) is 5.75 Å². The maximum atomic E-state index is 12.5. The smallest absolute Gasteiger partial charge is 0.358 e. The number of hydrogen-bond donors (Lipinski definition) is 1. The first kappa shape index (κ1) is 25.7. The average molecular weight is 497 g/mol. The zero-order valence-electron chi connectivity index (χ0n) is 18.2. The molecule has 176 valence electrons. The number of rotatable bonds is 10. The molecule has 0 aliphatic heterocycles. The summed E-state index contributed by atoms with van der Waals surface area (Å²) in [6, 6.07) is 8.03. The van der Waals surface area contributed by atoms with Crippen LogP contribution in [-0.4, -0.2) is 46.8 Å². The summed E-state index contributed by atoms with van der Waals surface area (Å²) in [6.07, 6.45) is 1.24. The summed E-state index contributed by atoms with van der Waals surface area (Å²) in [5.74, 6) is -0.0632. The minimum atomic E-state index is -4.38. The summed E-state index contributed by atoms with van der Waals surface area (Å²) in [6.45, 7) is 4.75. The van der Waals surface area contributed by atoms with Crippen molar-refractivity contribution >= 4 is 32.4 Å². The van der Waals surface area contributed by atoms with Crippen molar-refractivity contribution in [2.45, 2.75) is 36.2 Å². The molecule has 1 aromatic carbocycles. The molecule has 0 aliphatic rings. The Bertz CT molecular complexity index is 1240. The van der Waals surface area contributed by atoms with Crippen molar-refractivity contribution in [2.24, 2.45) is 10.9 Å². The van der Waals surface area contributed by atoms with Gasteiger partial charge in [0.2, 0.25) is 0 Å². The molecule has 1 heterocycles. The summed E-state index contributed by atoms with van der Waals surface area (Å²) in [5, 5.41) is 12.6. The Kier molecular flexibility index (Phi) is 8.07. The normalized spacial score (nSPS) is 13.0. The fraction of sp³-hybridized carbons (Fsp3) is 0.316. The largest absolute Gasteiger partial charge is 0.471 e. The third-order valence-electron chi connectivity index (χ3n) is 3.96. The van der Waals surface area contributed by atoms with Crippen LogP contribution >= 0.6 is 0 Å². The van der Waals surface area contributed by atoms with E-state index >= 15 is 0 Å². The first-order chi connectivity index (χ1) is 15.4. The fourth-order valence-electron chi connectivity index (χ4n) is 2.34. The van der Waals surface area contributed by atoms with Crippen LogP contribution in [0.2, 0.25) is 0 Å². The van der Waals surface area contributed by atoms with E-state index in [2.05, 4.69) is 19.3 Å². The second-order valence-electron chi connectivity index (χ2n) is 6.81. The van der Waals surface area contributed by atoms with Crippen molar-refractivity contribution in [2.75, 3.05) is 12.9 Å². The van der Waals surface area contributed by atoms with Gasteiger partial charge in [-0.1, -0.05) is 6.92 Å². The molecule has 0 saturated heterocycles. The van der Waals surface area contributed by atoms with Gasteiger partial charge in [-0.15, -0.1) is 0 Å². The number of benzene rings is 1. The number of ether oxygens (including phenoxy) is 1. The summed E-state index contributed by atoms with van der Waals surface area (Å²) in [7, 11) is -4.79. The molecule has 1 aromatic heterocycles.